The molecule has 2 fully saturated rings. The Kier molecular flexibility index (Phi) is 5.44. The van der Waals surface area contributed by atoms with Gasteiger partial charge in [-0.2, -0.15) is 0 Å². The van der Waals surface area contributed by atoms with Gasteiger partial charge in [-0.05, 0) is 31.6 Å². The zero-order valence-corrected chi connectivity index (χ0v) is 13.2. The largest absolute Gasteiger partial charge is 0.352 e. The molecule has 0 bridgehead atoms. The van der Waals surface area contributed by atoms with Crippen LogP contribution < -0.4 is 11.1 Å². The van der Waals surface area contributed by atoms with Crippen molar-refractivity contribution >= 4 is 5.91 Å². The van der Waals surface area contributed by atoms with Gasteiger partial charge in [-0.15, -0.1) is 0 Å². The lowest BCUT2D eigenvalue weighted by atomic mass is 9.81. The molecule has 0 aromatic carbocycles. The molecule has 4 heteroatoms. The third-order valence-electron chi connectivity index (χ3n) is 4.74. The highest BCUT2D eigenvalue weighted by atomic mass is 16.2. The summed E-state index contributed by atoms with van der Waals surface area (Å²) in [6, 6.07) is 0.327. The maximum absolute atomic E-state index is 12.4. The van der Waals surface area contributed by atoms with Crippen LogP contribution >= 0.6 is 0 Å². The Balaban J connectivity index is 1.76. The van der Waals surface area contributed by atoms with Gasteiger partial charge in [0.1, 0.15) is 0 Å². The van der Waals surface area contributed by atoms with Gasteiger partial charge in [0.25, 0.3) is 0 Å². The first-order valence-corrected chi connectivity index (χ1v) is 8.32. The van der Waals surface area contributed by atoms with Crippen LogP contribution in [0.25, 0.3) is 0 Å². The Morgan fingerprint density at radius 3 is 2.40 bits per heavy atom. The van der Waals surface area contributed by atoms with Gasteiger partial charge in [0.05, 0.1) is 5.54 Å². The third kappa shape index (κ3) is 4.19. The van der Waals surface area contributed by atoms with Crippen molar-refractivity contribution in [3.05, 3.63) is 0 Å². The first kappa shape index (κ1) is 15.8. The minimum absolute atomic E-state index is 0.0968. The van der Waals surface area contributed by atoms with Crippen molar-refractivity contribution < 1.29 is 4.79 Å². The second kappa shape index (κ2) is 6.90. The van der Waals surface area contributed by atoms with E-state index in [0.29, 0.717) is 6.04 Å². The number of carbonyl (C=O) groups excluding carboxylic acids is 1. The van der Waals surface area contributed by atoms with Crippen molar-refractivity contribution in [3.63, 3.8) is 0 Å². The van der Waals surface area contributed by atoms with E-state index in [9.17, 15) is 4.79 Å². The van der Waals surface area contributed by atoms with E-state index in [-0.39, 0.29) is 5.91 Å². The first-order chi connectivity index (χ1) is 9.49. The molecule has 0 aromatic heterocycles. The van der Waals surface area contributed by atoms with Crippen LogP contribution in [-0.2, 0) is 4.79 Å². The fraction of sp³-hybridized carbons (Fsp3) is 0.938. The van der Waals surface area contributed by atoms with Crippen LogP contribution in [0.3, 0.4) is 0 Å². The molecule has 1 heterocycles. The zero-order chi connectivity index (χ0) is 14.6. The minimum atomic E-state index is -0.590. The van der Waals surface area contributed by atoms with Crippen molar-refractivity contribution in [3.8, 4) is 0 Å². The predicted molar refractivity (Wildman–Crippen MR) is 82.4 cm³/mol. The summed E-state index contributed by atoms with van der Waals surface area (Å²) in [7, 11) is 0. The fourth-order valence-electron chi connectivity index (χ4n) is 3.52. The molecule has 3 N–H and O–H groups in total. The molecule has 0 aromatic rings. The van der Waals surface area contributed by atoms with E-state index < -0.39 is 5.54 Å². The van der Waals surface area contributed by atoms with Gasteiger partial charge in [-0.1, -0.05) is 33.1 Å². The topological polar surface area (TPSA) is 58.4 Å². The molecule has 1 aliphatic carbocycles. The van der Waals surface area contributed by atoms with Crippen LogP contribution in [0.2, 0.25) is 0 Å². The van der Waals surface area contributed by atoms with E-state index >= 15 is 0 Å². The van der Waals surface area contributed by atoms with Crippen molar-refractivity contribution in [2.75, 3.05) is 19.6 Å². The number of carbonyl (C=O) groups is 1. The zero-order valence-electron chi connectivity index (χ0n) is 13.2. The highest BCUT2D eigenvalue weighted by Crippen LogP contribution is 2.26. The highest BCUT2D eigenvalue weighted by Gasteiger charge is 2.36. The lowest BCUT2D eigenvalue weighted by molar-refractivity contribution is -0.128. The van der Waals surface area contributed by atoms with Gasteiger partial charge in [0.2, 0.25) is 5.91 Å². The van der Waals surface area contributed by atoms with Gasteiger partial charge >= 0.3 is 0 Å². The lowest BCUT2D eigenvalue weighted by Crippen LogP contribution is -2.58. The number of likely N-dealkylation sites (tertiary alicyclic amines) is 1. The normalized spacial score (nSPS) is 24.8. The van der Waals surface area contributed by atoms with E-state index in [4.69, 9.17) is 5.73 Å². The molecular weight excluding hydrogens is 250 g/mol. The van der Waals surface area contributed by atoms with Gasteiger partial charge in [-0.25, -0.2) is 0 Å². The molecule has 20 heavy (non-hydrogen) atoms. The van der Waals surface area contributed by atoms with Crippen molar-refractivity contribution in [2.24, 2.45) is 11.7 Å². The minimum Gasteiger partial charge on any atom is -0.352 e. The summed E-state index contributed by atoms with van der Waals surface area (Å²) in [5, 5.41) is 3.21. The van der Waals surface area contributed by atoms with Gasteiger partial charge < -0.3 is 16.0 Å². The number of hydrogen-bond donors (Lipinski definition) is 2. The Morgan fingerprint density at radius 1 is 1.25 bits per heavy atom. The molecule has 0 spiro atoms. The smallest absolute Gasteiger partial charge is 0.240 e. The molecule has 1 aliphatic heterocycles. The summed E-state index contributed by atoms with van der Waals surface area (Å²) in [6.07, 6.45) is 7.24. The molecule has 0 unspecified atom stereocenters. The molecule has 4 nitrogen and oxygen atoms in total. The standard InChI is InChI=1S/C16H31N3O/c1-13(2)12-19-10-6-14(7-11-19)18-15(20)16(17)8-4-3-5-9-16/h13-14H,3-12,17H2,1-2H3,(H,18,20). The van der Waals surface area contributed by atoms with Crippen molar-refractivity contribution in [1.82, 2.24) is 10.2 Å². The van der Waals surface area contributed by atoms with Gasteiger partial charge in [0.15, 0.2) is 0 Å². The van der Waals surface area contributed by atoms with E-state index in [0.717, 1.165) is 57.5 Å². The number of hydrogen-bond acceptors (Lipinski definition) is 3. The Hall–Kier alpha value is -0.610. The lowest BCUT2D eigenvalue weighted by Gasteiger charge is -2.37. The third-order valence-corrected chi connectivity index (χ3v) is 4.74. The summed E-state index contributed by atoms with van der Waals surface area (Å²) >= 11 is 0. The SMILES string of the molecule is CC(C)CN1CCC(NC(=O)C2(N)CCCCC2)CC1. The molecule has 0 radical (unpaired) electrons. The molecule has 1 saturated carbocycles. The van der Waals surface area contributed by atoms with Gasteiger partial charge in [0, 0.05) is 25.7 Å². The maximum Gasteiger partial charge on any atom is 0.240 e. The molecule has 1 amide bonds. The summed E-state index contributed by atoms with van der Waals surface area (Å²) in [4.78, 5) is 14.9. The summed E-state index contributed by atoms with van der Waals surface area (Å²) < 4.78 is 0. The van der Waals surface area contributed by atoms with Crippen molar-refractivity contribution in [2.45, 2.75) is 70.4 Å². The molecule has 1 saturated heterocycles. The number of nitrogens with one attached hydrogen (secondary N) is 1. The number of piperidine rings is 1. The summed E-state index contributed by atoms with van der Waals surface area (Å²) in [5.41, 5.74) is 5.70. The molecule has 2 rings (SSSR count). The first-order valence-electron chi connectivity index (χ1n) is 8.32. The molecule has 2 aliphatic rings. The molecule has 116 valence electrons. The fourth-order valence-corrected chi connectivity index (χ4v) is 3.52. The van der Waals surface area contributed by atoms with Crippen LogP contribution in [0.5, 0.6) is 0 Å². The number of rotatable bonds is 4. The number of nitrogens with zero attached hydrogens (tertiary/aromatic N) is 1. The summed E-state index contributed by atoms with van der Waals surface area (Å²) in [5.74, 6) is 0.815. The highest BCUT2D eigenvalue weighted by molar-refractivity contribution is 5.86. The van der Waals surface area contributed by atoms with E-state index in [1.54, 1.807) is 0 Å². The average Bonchev–Trinajstić information content (AvgIpc) is 2.41. The maximum atomic E-state index is 12.4. The van der Waals surface area contributed by atoms with Crippen molar-refractivity contribution in [1.29, 1.82) is 0 Å². The quantitative estimate of drug-likeness (QED) is 0.827. The number of amides is 1. The van der Waals surface area contributed by atoms with Crippen LogP contribution in [0.1, 0.15) is 58.8 Å². The monoisotopic (exact) mass is 281 g/mol. The van der Waals surface area contributed by atoms with E-state index in [2.05, 4.69) is 24.1 Å². The Labute approximate surface area is 123 Å². The van der Waals surface area contributed by atoms with Crippen LogP contribution in [0, 0.1) is 5.92 Å². The van der Waals surface area contributed by atoms with Crippen LogP contribution in [-0.4, -0.2) is 42.0 Å². The Bertz CT molecular complexity index is 316. The second-order valence-electron chi connectivity index (χ2n) is 7.16. The molecular formula is C16H31N3O. The summed E-state index contributed by atoms with van der Waals surface area (Å²) in [6.45, 7) is 7.88. The average molecular weight is 281 g/mol. The second-order valence-corrected chi connectivity index (χ2v) is 7.16. The number of nitrogens with two attached hydrogens (primary N) is 1. The van der Waals surface area contributed by atoms with Crippen LogP contribution in [0.4, 0.5) is 0 Å². The van der Waals surface area contributed by atoms with E-state index in [1.807, 2.05) is 0 Å². The van der Waals surface area contributed by atoms with Gasteiger partial charge in [-0.3, -0.25) is 4.79 Å². The molecule has 0 atom stereocenters. The predicted octanol–water partition coefficient (Wildman–Crippen LogP) is 1.88. The Morgan fingerprint density at radius 2 is 1.85 bits per heavy atom. The van der Waals surface area contributed by atoms with E-state index in [1.165, 1.54) is 13.0 Å². The van der Waals surface area contributed by atoms with Crippen LogP contribution in [0.15, 0.2) is 0 Å².